The Bertz CT molecular complexity index is 606. The van der Waals surface area contributed by atoms with Crippen LogP contribution in [0.15, 0.2) is 42.7 Å². The lowest BCUT2D eigenvalue weighted by molar-refractivity contribution is -0.121. The molecule has 0 bridgehead atoms. The van der Waals surface area contributed by atoms with E-state index in [9.17, 15) is 9.90 Å². The van der Waals surface area contributed by atoms with Crippen molar-refractivity contribution in [2.45, 2.75) is 32.8 Å². The number of aliphatic hydroxyl groups excluding tert-OH is 1. The first-order valence-corrected chi connectivity index (χ1v) is 7.46. The standard InChI is InChI=1S/C18H22N2O2/c1-13-9-14(2)11-15(10-13)3-4-18(22)20-12-17(21)16-5-7-19-8-6-16/h5-11,17,21H,3-4,12H2,1-2H3,(H,20,22). The summed E-state index contributed by atoms with van der Waals surface area (Å²) in [6, 6.07) is 9.81. The third kappa shape index (κ3) is 4.97. The van der Waals surface area contributed by atoms with E-state index in [0.717, 1.165) is 5.56 Å². The second-order valence-corrected chi connectivity index (χ2v) is 5.60. The summed E-state index contributed by atoms with van der Waals surface area (Å²) in [6.07, 6.45) is 3.68. The molecule has 0 spiro atoms. The Balaban J connectivity index is 1.78. The van der Waals surface area contributed by atoms with Gasteiger partial charge >= 0.3 is 0 Å². The smallest absolute Gasteiger partial charge is 0.220 e. The molecule has 2 rings (SSSR count). The summed E-state index contributed by atoms with van der Waals surface area (Å²) in [5.74, 6) is -0.0488. The molecule has 0 aliphatic heterocycles. The number of pyridine rings is 1. The van der Waals surface area contributed by atoms with E-state index in [4.69, 9.17) is 0 Å². The first-order valence-electron chi connectivity index (χ1n) is 7.46. The molecule has 1 atom stereocenters. The Morgan fingerprint density at radius 1 is 1.18 bits per heavy atom. The molecule has 0 aliphatic carbocycles. The SMILES string of the molecule is Cc1cc(C)cc(CCC(=O)NCC(O)c2ccncc2)c1. The molecule has 0 saturated carbocycles. The summed E-state index contributed by atoms with van der Waals surface area (Å²) < 4.78 is 0. The van der Waals surface area contributed by atoms with Gasteiger partial charge in [-0.1, -0.05) is 29.3 Å². The summed E-state index contributed by atoms with van der Waals surface area (Å²) >= 11 is 0. The average Bonchev–Trinajstić information content (AvgIpc) is 2.50. The molecule has 1 amide bonds. The fraction of sp³-hybridized carbons (Fsp3) is 0.333. The van der Waals surface area contributed by atoms with Crippen molar-refractivity contribution in [3.05, 3.63) is 65.0 Å². The number of nitrogens with zero attached hydrogens (tertiary/aromatic N) is 1. The van der Waals surface area contributed by atoms with Crippen molar-refractivity contribution in [3.63, 3.8) is 0 Å². The number of hydrogen-bond donors (Lipinski definition) is 2. The highest BCUT2D eigenvalue weighted by molar-refractivity contribution is 5.76. The van der Waals surface area contributed by atoms with Crippen molar-refractivity contribution in [2.75, 3.05) is 6.54 Å². The van der Waals surface area contributed by atoms with Crippen LogP contribution >= 0.6 is 0 Å². The van der Waals surface area contributed by atoms with Crippen LogP contribution in [-0.2, 0) is 11.2 Å². The topological polar surface area (TPSA) is 62.2 Å². The molecule has 22 heavy (non-hydrogen) atoms. The van der Waals surface area contributed by atoms with E-state index >= 15 is 0 Å². The minimum absolute atomic E-state index is 0.0488. The van der Waals surface area contributed by atoms with E-state index < -0.39 is 6.10 Å². The molecule has 2 aromatic rings. The largest absolute Gasteiger partial charge is 0.387 e. The van der Waals surface area contributed by atoms with Gasteiger partial charge in [0.25, 0.3) is 0 Å². The van der Waals surface area contributed by atoms with Crippen molar-refractivity contribution in [2.24, 2.45) is 0 Å². The predicted octanol–water partition coefficient (Wildman–Crippen LogP) is 2.48. The van der Waals surface area contributed by atoms with E-state index in [0.29, 0.717) is 12.8 Å². The van der Waals surface area contributed by atoms with Crippen LogP contribution in [-0.4, -0.2) is 22.5 Å². The predicted molar refractivity (Wildman–Crippen MR) is 86.4 cm³/mol. The fourth-order valence-electron chi connectivity index (χ4n) is 2.47. The summed E-state index contributed by atoms with van der Waals surface area (Å²) in [4.78, 5) is 15.8. The first-order chi connectivity index (χ1) is 10.5. The second-order valence-electron chi connectivity index (χ2n) is 5.60. The zero-order valence-electron chi connectivity index (χ0n) is 13.0. The summed E-state index contributed by atoms with van der Waals surface area (Å²) in [7, 11) is 0. The van der Waals surface area contributed by atoms with Gasteiger partial charge in [-0.25, -0.2) is 0 Å². The lowest BCUT2D eigenvalue weighted by Crippen LogP contribution is -2.28. The van der Waals surface area contributed by atoms with Gasteiger partial charge in [-0.2, -0.15) is 0 Å². The third-order valence-electron chi connectivity index (χ3n) is 3.51. The van der Waals surface area contributed by atoms with Crippen LogP contribution in [0.1, 0.15) is 34.8 Å². The summed E-state index contributed by atoms with van der Waals surface area (Å²) in [6.45, 7) is 4.33. The van der Waals surface area contributed by atoms with E-state index in [1.807, 2.05) is 0 Å². The van der Waals surface area contributed by atoms with Gasteiger partial charge in [0.2, 0.25) is 5.91 Å². The molecule has 4 heteroatoms. The molecule has 116 valence electrons. The highest BCUT2D eigenvalue weighted by Crippen LogP contribution is 2.12. The molecule has 0 radical (unpaired) electrons. The molecule has 1 aromatic carbocycles. The highest BCUT2D eigenvalue weighted by atomic mass is 16.3. The Labute approximate surface area is 131 Å². The van der Waals surface area contributed by atoms with Gasteiger partial charge in [0.1, 0.15) is 0 Å². The molecule has 1 aromatic heterocycles. The lowest BCUT2D eigenvalue weighted by Gasteiger charge is -2.12. The highest BCUT2D eigenvalue weighted by Gasteiger charge is 2.09. The Hall–Kier alpha value is -2.20. The molecule has 1 unspecified atom stereocenters. The number of aliphatic hydroxyl groups is 1. The quantitative estimate of drug-likeness (QED) is 0.861. The van der Waals surface area contributed by atoms with Gasteiger partial charge in [-0.05, 0) is 43.5 Å². The minimum atomic E-state index is -0.701. The van der Waals surface area contributed by atoms with Gasteiger partial charge in [-0.15, -0.1) is 0 Å². The minimum Gasteiger partial charge on any atom is -0.387 e. The zero-order chi connectivity index (χ0) is 15.9. The maximum Gasteiger partial charge on any atom is 0.220 e. The number of carbonyl (C=O) groups is 1. The molecule has 1 heterocycles. The number of aromatic nitrogens is 1. The number of benzene rings is 1. The fourth-order valence-corrected chi connectivity index (χ4v) is 2.47. The number of nitrogens with one attached hydrogen (secondary N) is 1. The summed E-state index contributed by atoms with van der Waals surface area (Å²) in [5, 5.41) is 12.8. The molecule has 0 fully saturated rings. The molecule has 0 aliphatic rings. The normalized spacial score (nSPS) is 12.0. The van der Waals surface area contributed by atoms with E-state index in [1.165, 1.54) is 16.7 Å². The number of rotatable bonds is 6. The summed E-state index contributed by atoms with van der Waals surface area (Å²) in [5.41, 5.74) is 4.35. The van der Waals surface area contributed by atoms with Crippen molar-refractivity contribution >= 4 is 5.91 Å². The van der Waals surface area contributed by atoms with Crippen LogP contribution in [0.3, 0.4) is 0 Å². The first kappa shape index (κ1) is 16.2. The van der Waals surface area contributed by atoms with Crippen LogP contribution in [0.4, 0.5) is 0 Å². The maximum absolute atomic E-state index is 11.9. The van der Waals surface area contributed by atoms with Crippen molar-refractivity contribution in [1.29, 1.82) is 0 Å². The van der Waals surface area contributed by atoms with E-state index in [-0.39, 0.29) is 12.5 Å². The van der Waals surface area contributed by atoms with Gasteiger partial charge in [-0.3, -0.25) is 9.78 Å². The van der Waals surface area contributed by atoms with Gasteiger partial charge in [0.15, 0.2) is 0 Å². The third-order valence-corrected chi connectivity index (χ3v) is 3.51. The van der Waals surface area contributed by atoms with Crippen molar-refractivity contribution in [3.8, 4) is 0 Å². The van der Waals surface area contributed by atoms with Crippen LogP contribution in [0.2, 0.25) is 0 Å². The van der Waals surface area contributed by atoms with Gasteiger partial charge in [0.05, 0.1) is 6.10 Å². The van der Waals surface area contributed by atoms with Crippen molar-refractivity contribution < 1.29 is 9.90 Å². The monoisotopic (exact) mass is 298 g/mol. The Morgan fingerprint density at radius 3 is 2.45 bits per heavy atom. The van der Waals surface area contributed by atoms with Crippen LogP contribution in [0.5, 0.6) is 0 Å². The Morgan fingerprint density at radius 2 is 1.82 bits per heavy atom. The lowest BCUT2D eigenvalue weighted by atomic mass is 10.0. The number of carbonyl (C=O) groups excluding carboxylic acids is 1. The van der Waals surface area contributed by atoms with Gasteiger partial charge < -0.3 is 10.4 Å². The number of aryl methyl sites for hydroxylation is 3. The molecular weight excluding hydrogens is 276 g/mol. The van der Waals surface area contributed by atoms with Gasteiger partial charge in [0, 0.05) is 25.4 Å². The maximum atomic E-state index is 11.9. The number of amides is 1. The zero-order valence-corrected chi connectivity index (χ0v) is 13.0. The van der Waals surface area contributed by atoms with Crippen LogP contribution in [0.25, 0.3) is 0 Å². The van der Waals surface area contributed by atoms with E-state index in [1.54, 1.807) is 24.5 Å². The second kappa shape index (κ2) is 7.71. The van der Waals surface area contributed by atoms with Crippen LogP contribution in [0, 0.1) is 13.8 Å². The number of hydrogen-bond acceptors (Lipinski definition) is 3. The van der Waals surface area contributed by atoms with Crippen molar-refractivity contribution in [1.82, 2.24) is 10.3 Å². The molecule has 2 N–H and O–H groups in total. The molecule has 0 saturated heterocycles. The van der Waals surface area contributed by atoms with E-state index in [2.05, 4.69) is 42.3 Å². The molecular formula is C18H22N2O2. The van der Waals surface area contributed by atoms with Crippen LogP contribution < -0.4 is 5.32 Å². The molecule has 4 nitrogen and oxygen atoms in total. The Kier molecular flexibility index (Phi) is 5.67. The average molecular weight is 298 g/mol.